The highest BCUT2D eigenvalue weighted by Crippen LogP contribution is 2.26. The summed E-state index contributed by atoms with van der Waals surface area (Å²) in [5.74, 6) is -1.03. The molecule has 1 heterocycles. The van der Waals surface area contributed by atoms with E-state index in [-0.39, 0.29) is 22.5 Å². The number of nitrogens with two attached hydrogens (primary N) is 1. The summed E-state index contributed by atoms with van der Waals surface area (Å²) < 4.78 is 18.7. The first kappa shape index (κ1) is 20.3. The molecule has 0 aliphatic rings. The Morgan fingerprint density at radius 1 is 1.14 bits per heavy atom. The molecule has 0 unspecified atom stereocenters. The van der Waals surface area contributed by atoms with Crippen LogP contribution >= 0.6 is 11.6 Å². The zero-order chi connectivity index (χ0) is 21.0. The van der Waals surface area contributed by atoms with Gasteiger partial charge in [-0.15, -0.1) is 0 Å². The molecule has 3 aromatic rings. The average molecular weight is 414 g/mol. The smallest absolute Gasteiger partial charge is 0.257 e. The highest BCUT2D eigenvalue weighted by atomic mass is 35.5. The number of ether oxygens (including phenoxy) is 1. The summed E-state index contributed by atoms with van der Waals surface area (Å²) in [6.45, 7) is 1.79. The average Bonchev–Trinajstić information content (AvgIpc) is 2.71. The molecule has 0 saturated heterocycles. The van der Waals surface area contributed by atoms with Crippen LogP contribution in [-0.4, -0.2) is 16.8 Å². The van der Waals surface area contributed by atoms with Crippen molar-refractivity contribution in [3.63, 3.8) is 0 Å². The number of primary amides is 1. The SMILES string of the molecule is C[C@H](NC(=O)c1cc(Cl)cnc1Oc1ccc(F)cc1)c1ccc(C(N)=O)cc1. The predicted molar refractivity (Wildman–Crippen MR) is 107 cm³/mol. The lowest BCUT2D eigenvalue weighted by Crippen LogP contribution is -2.27. The monoisotopic (exact) mass is 413 g/mol. The molecule has 0 bridgehead atoms. The molecule has 0 saturated carbocycles. The summed E-state index contributed by atoms with van der Waals surface area (Å²) in [5, 5.41) is 3.09. The minimum Gasteiger partial charge on any atom is -0.438 e. The number of pyridine rings is 1. The second kappa shape index (κ2) is 8.70. The van der Waals surface area contributed by atoms with Gasteiger partial charge >= 0.3 is 0 Å². The zero-order valence-electron chi connectivity index (χ0n) is 15.4. The number of nitrogens with one attached hydrogen (secondary N) is 1. The molecule has 0 spiro atoms. The van der Waals surface area contributed by atoms with Crippen molar-refractivity contribution in [1.29, 1.82) is 0 Å². The van der Waals surface area contributed by atoms with Gasteiger partial charge in [0, 0.05) is 11.8 Å². The van der Waals surface area contributed by atoms with Crippen molar-refractivity contribution in [3.05, 3.63) is 88.3 Å². The minimum atomic E-state index is -0.527. The molecule has 6 nitrogen and oxygen atoms in total. The fourth-order valence-electron chi connectivity index (χ4n) is 2.58. The van der Waals surface area contributed by atoms with E-state index in [4.69, 9.17) is 22.1 Å². The summed E-state index contributed by atoms with van der Waals surface area (Å²) in [6, 6.07) is 13.0. The van der Waals surface area contributed by atoms with Gasteiger partial charge < -0.3 is 15.8 Å². The maximum absolute atomic E-state index is 13.1. The van der Waals surface area contributed by atoms with E-state index in [1.165, 1.54) is 36.5 Å². The van der Waals surface area contributed by atoms with Crippen molar-refractivity contribution in [3.8, 4) is 11.6 Å². The molecule has 29 heavy (non-hydrogen) atoms. The molecule has 2 amide bonds. The van der Waals surface area contributed by atoms with Gasteiger partial charge in [0.2, 0.25) is 11.8 Å². The molecule has 0 fully saturated rings. The van der Waals surface area contributed by atoms with Crippen LogP contribution in [0.15, 0.2) is 60.8 Å². The summed E-state index contributed by atoms with van der Waals surface area (Å²) in [7, 11) is 0. The minimum absolute atomic E-state index is 0.0368. The first-order valence-electron chi connectivity index (χ1n) is 8.63. The quantitative estimate of drug-likeness (QED) is 0.631. The van der Waals surface area contributed by atoms with Crippen LogP contribution < -0.4 is 15.8 Å². The number of aromatic nitrogens is 1. The number of amides is 2. The van der Waals surface area contributed by atoms with Crippen molar-refractivity contribution in [2.45, 2.75) is 13.0 Å². The fourth-order valence-corrected chi connectivity index (χ4v) is 2.74. The van der Waals surface area contributed by atoms with Gasteiger partial charge in [-0.2, -0.15) is 0 Å². The summed E-state index contributed by atoms with van der Waals surface area (Å²) >= 11 is 5.99. The molecule has 2 aromatic carbocycles. The van der Waals surface area contributed by atoms with Gasteiger partial charge in [0.25, 0.3) is 5.91 Å². The zero-order valence-corrected chi connectivity index (χ0v) is 16.1. The van der Waals surface area contributed by atoms with Crippen molar-refractivity contribution in [2.75, 3.05) is 0 Å². The molecule has 0 aliphatic heterocycles. The van der Waals surface area contributed by atoms with Crippen molar-refractivity contribution in [2.24, 2.45) is 5.73 Å². The summed E-state index contributed by atoms with van der Waals surface area (Å²) in [6.07, 6.45) is 1.35. The molecule has 1 atom stereocenters. The number of rotatable bonds is 6. The van der Waals surface area contributed by atoms with Crippen molar-refractivity contribution in [1.82, 2.24) is 10.3 Å². The van der Waals surface area contributed by atoms with Crippen LogP contribution in [0.1, 0.15) is 39.2 Å². The summed E-state index contributed by atoms with van der Waals surface area (Å²) in [5.41, 5.74) is 6.52. The van der Waals surface area contributed by atoms with Gasteiger partial charge in [-0.25, -0.2) is 9.37 Å². The van der Waals surface area contributed by atoms with Crippen LogP contribution in [0.3, 0.4) is 0 Å². The Balaban J connectivity index is 1.79. The Hall–Kier alpha value is -3.45. The number of hydrogen-bond donors (Lipinski definition) is 2. The van der Waals surface area contributed by atoms with Gasteiger partial charge in [-0.3, -0.25) is 9.59 Å². The maximum Gasteiger partial charge on any atom is 0.257 e. The molecule has 0 radical (unpaired) electrons. The molecule has 1 aromatic heterocycles. The molecule has 8 heteroatoms. The van der Waals surface area contributed by atoms with Crippen LogP contribution in [0.25, 0.3) is 0 Å². The Kier molecular flexibility index (Phi) is 6.09. The number of carbonyl (C=O) groups excluding carboxylic acids is 2. The van der Waals surface area contributed by atoms with Crippen LogP contribution in [0, 0.1) is 5.82 Å². The van der Waals surface area contributed by atoms with Crippen LogP contribution in [0.2, 0.25) is 5.02 Å². The fraction of sp³-hybridized carbons (Fsp3) is 0.0952. The number of hydrogen-bond acceptors (Lipinski definition) is 4. The highest BCUT2D eigenvalue weighted by Gasteiger charge is 2.18. The van der Waals surface area contributed by atoms with Gasteiger partial charge in [-0.05, 0) is 55.0 Å². The third kappa shape index (κ3) is 5.08. The standard InChI is InChI=1S/C21H17ClFN3O3/c1-12(13-2-4-14(5-3-13)19(24)27)26-20(28)18-10-15(22)11-25-21(18)29-17-8-6-16(23)7-9-17/h2-12H,1H3,(H2,24,27)(H,26,28)/t12-/m0/s1. The second-order valence-electron chi connectivity index (χ2n) is 6.24. The van der Waals surface area contributed by atoms with E-state index < -0.39 is 17.6 Å². The first-order valence-corrected chi connectivity index (χ1v) is 9.01. The van der Waals surface area contributed by atoms with Gasteiger partial charge in [0.1, 0.15) is 17.1 Å². The van der Waals surface area contributed by atoms with E-state index in [0.717, 1.165) is 5.56 Å². The van der Waals surface area contributed by atoms with Crippen LogP contribution in [-0.2, 0) is 0 Å². The van der Waals surface area contributed by atoms with Gasteiger partial charge in [0.15, 0.2) is 0 Å². The van der Waals surface area contributed by atoms with E-state index in [0.29, 0.717) is 11.3 Å². The van der Waals surface area contributed by atoms with E-state index >= 15 is 0 Å². The lowest BCUT2D eigenvalue weighted by atomic mass is 10.1. The highest BCUT2D eigenvalue weighted by molar-refractivity contribution is 6.30. The maximum atomic E-state index is 13.1. The molecular formula is C21H17ClFN3O3. The van der Waals surface area contributed by atoms with Crippen molar-refractivity contribution < 1.29 is 18.7 Å². The number of carbonyl (C=O) groups is 2. The number of halogens is 2. The Morgan fingerprint density at radius 2 is 1.79 bits per heavy atom. The molecule has 3 rings (SSSR count). The topological polar surface area (TPSA) is 94.3 Å². The third-order valence-corrected chi connectivity index (χ3v) is 4.34. The van der Waals surface area contributed by atoms with E-state index in [1.807, 2.05) is 0 Å². The summed E-state index contributed by atoms with van der Waals surface area (Å²) in [4.78, 5) is 28.0. The van der Waals surface area contributed by atoms with Gasteiger partial charge in [0.05, 0.1) is 11.1 Å². The largest absolute Gasteiger partial charge is 0.438 e. The van der Waals surface area contributed by atoms with E-state index in [2.05, 4.69) is 10.3 Å². The second-order valence-corrected chi connectivity index (χ2v) is 6.68. The van der Waals surface area contributed by atoms with Gasteiger partial charge in [-0.1, -0.05) is 23.7 Å². The Labute approximate surface area is 171 Å². The van der Waals surface area contributed by atoms with E-state index in [1.54, 1.807) is 31.2 Å². The third-order valence-electron chi connectivity index (χ3n) is 4.13. The normalized spacial score (nSPS) is 11.6. The van der Waals surface area contributed by atoms with E-state index in [9.17, 15) is 14.0 Å². The lowest BCUT2D eigenvalue weighted by Gasteiger charge is -2.16. The molecule has 0 aliphatic carbocycles. The number of benzene rings is 2. The first-order chi connectivity index (χ1) is 13.8. The Bertz CT molecular complexity index is 1040. The lowest BCUT2D eigenvalue weighted by molar-refractivity contribution is 0.0935. The van der Waals surface area contributed by atoms with Crippen LogP contribution in [0.5, 0.6) is 11.6 Å². The molecule has 148 valence electrons. The van der Waals surface area contributed by atoms with Crippen molar-refractivity contribution >= 4 is 23.4 Å². The predicted octanol–water partition coefficient (Wildman–Crippen LogP) is 4.26. The Morgan fingerprint density at radius 3 is 2.41 bits per heavy atom. The molecule has 3 N–H and O–H groups in total. The number of nitrogens with zero attached hydrogens (tertiary/aromatic N) is 1. The molecular weight excluding hydrogens is 397 g/mol. The van der Waals surface area contributed by atoms with Crippen LogP contribution in [0.4, 0.5) is 4.39 Å².